The molecule has 7 nitrogen and oxygen atoms in total. The smallest absolute Gasteiger partial charge is 0.269 e. The van der Waals surface area contributed by atoms with Crippen molar-refractivity contribution in [3.8, 4) is 0 Å². The second-order valence-electron chi connectivity index (χ2n) is 3.61. The van der Waals surface area contributed by atoms with Gasteiger partial charge in [-0.2, -0.15) is 5.21 Å². The van der Waals surface area contributed by atoms with E-state index >= 15 is 0 Å². The van der Waals surface area contributed by atoms with Crippen LogP contribution in [0.5, 0.6) is 0 Å². The summed E-state index contributed by atoms with van der Waals surface area (Å²) in [4.78, 5) is 23.9. The first-order valence-electron chi connectivity index (χ1n) is 5.16. The molecule has 0 amide bonds. The molecule has 0 saturated carbocycles. The lowest BCUT2D eigenvalue weighted by atomic mass is 10.2. The van der Waals surface area contributed by atoms with Gasteiger partial charge in [-0.05, 0) is 22.7 Å². The quantitative estimate of drug-likeness (QED) is 0.657. The molecular formula is C11H7N5O2. The van der Waals surface area contributed by atoms with E-state index in [0.29, 0.717) is 5.52 Å². The SMILES string of the molecule is O=C(c1nn[nH]n1)n1c(=O)ccc2ccccc21. The van der Waals surface area contributed by atoms with Crippen LogP contribution in [0.3, 0.4) is 0 Å². The summed E-state index contributed by atoms with van der Waals surface area (Å²) in [5, 5.41) is 13.4. The molecule has 0 bridgehead atoms. The van der Waals surface area contributed by atoms with Crippen LogP contribution in [0.2, 0.25) is 0 Å². The number of nitrogens with one attached hydrogen (secondary N) is 1. The average molecular weight is 241 g/mol. The van der Waals surface area contributed by atoms with Crippen molar-refractivity contribution in [1.29, 1.82) is 0 Å². The van der Waals surface area contributed by atoms with Crippen molar-refractivity contribution < 1.29 is 4.79 Å². The molecule has 2 heterocycles. The predicted molar refractivity (Wildman–Crippen MR) is 62.1 cm³/mol. The topological polar surface area (TPSA) is 93.5 Å². The fourth-order valence-corrected chi connectivity index (χ4v) is 1.75. The molecule has 3 aromatic rings. The van der Waals surface area contributed by atoms with Gasteiger partial charge in [-0.3, -0.25) is 9.59 Å². The van der Waals surface area contributed by atoms with Gasteiger partial charge in [-0.1, -0.05) is 18.2 Å². The zero-order valence-corrected chi connectivity index (χ0v) is 9.07. The van der Waals surface area contributed by atoms with E-state index in [-0.39, 0.29) is 5.82 Å². The summed E-state index contributed by atoms with van der Waals surface area (Å²) in [6.45, 7) is 0. The molecule has 1 aromatic carbocycles. The number of hydrogen-bond acceptors (Lipinski definition) is 5. The summed E-state index contributed by atoms with van der Waals surface area (Å²) in [6.07, 6.45) is 0. The van der Waals surface area contributed by atoms with Gasteiger partial charge < -0.3 is 0 Å². The molecule has 2 aromatic heterocycles. The van der Waals surface area contributed by atoms with Gasteiger partial charge in [-0.25, -0.2) is 4.57 Å². The Morgan fingerprint density at radius 1 is 1.17 bits per heavy atom. The normalized spacial score (nSPS) is 10.7. The van der Waals surface area contributed by atoms with E-state index in [9.17, 15) is 9.59 Å². The zero-order chi connectivity index (χ0) is 12.5. The first-order valence-corrected chi connectivity index (χ1v) is 5.16. The Bertz CT molecular complexity index is 775. The number of tetrazole rings is 1. The maximum absolute atomic E-state index is 12.1. The molecule has 0 aliphatic rings. The molecule has 0 unspecified atom stereocenters. The highest BCUT2D eigenvalue weighted by Gasteiger charge is 2.16. The van der Waals surface area contributed by atoms with Gasteiger partial charge in [0.15, 0.2) is 0 Å². The van der Waals surface area contributed by atoms with E-state index in [1.165, 1.54) is 6.07 Å². The fourth-order valence-electron chi connectivity index (χ4n) is 1.75. The van der Waals surface area contributed by atoms with Gasteiger partial charge in [0.25, 0.3) is 11.4 Å². The van der Waals surface area contributed by atoms with Crippen LogP contribution in [0, 0.1) is 0 Å². The number of benzene rings is 1. The maximum atomic E-state index is 12.1. The molecule has 0 radical (unpaired) electrons. The molecule has 0 aliphatic carbocycles. The second kappa shape index (κ2) is 3.88. The Morgan fingerprint density at radius 2 is 2.00 bits per heavy atom. The molecule has 1 N–H and O–H groups in total. The van der Waals surface area contributed by atoms with E-state index < -0.39 is 11.5 Å². The van der Waals surface area contributed by atoms with Gasteiger partial charge in [0.2, 0.25) is 0 Å². The predicted octanol–water partition coefficient (Wildman–Crippen LogP) is 0.203. The third-order valence-electron chi connectivity index (χ3n) is 2.54. The summed E-state index contributed by atoms with van der Waals surface area (Å²) in [5.74, 6) is -0.751. The minimum Gasteiger partial charge on any atom is -0.269 e. The molecule has 0 atom stereocenters. The van der Waals surface area contributed by atoms with Gasteiger partial charge in [0.1, 0.15) is 0 Å². The Kier molecular flexibility index (Phi) is 2.23. The van der Waals surface area contributed by atoms with Crippen molar-refractivity contribution in [1.82, 2.24) is 25.2 Å². The number of rotatable bonds is 1. The fraction of sp³-hybridized carbons (Fsp3) is 0. The van der Waals surface area contributed by atoms with E-state index in [2.05, 4.69) is 20.6 Å². The highest BCUT2D eigenvalue weighted by Crippen LogP contribution is 2.11. The summed E-state index contributed by atoms with van der Waals surface area (Å²) < 4.78 is 1.03. The minimum atomic E-state index is -0.606. The highest BCUT2D eigenvalue weighted by molar-refractivity contribution is 5.98. The first-order chi connectivity index (χ1) is 8.77. The van der Waals surface area contributed by atoms with Crippen molar-refractivity contribution in [2.24, 2.45) is 0 Å². The van der Waals surface area contributed by atoms with Crippen molar-refractivity contribution in [2.75, 3.05) is 0 Å². The second-order valence-corrected chi connectivity index (χ2v) is 3.61. The molecule has 0 aliphatic heterocycles. The Morgan fingerprint density at radius 3 is 2.78 bits per heavy atom. The monoisotopic (exact) mass is 241 g/mol. The lowest BCUT2D eigenvalue weighted by molar-refractivity contribution is 0.0951. The van der Waals surface area contributed by atoms with Crippen molar-refractivity contribution >= 4 is 16.8 Å². The Hall–Kier alpha value is -2.83. The molecule has 18 heavy (non-hydrogen) atoms. The number of hydrogen-bond donors (Lipinski definition) is 1. The molecule has 0 saturated heterocycles. The summed E-state index contributed by atoms with van der Waals surface area (Å²) in [5.41, 5.74) is 0.0864. The van der Waals surface area contributed by atoms with Crippen LogP contribution in [-0.4, -0.2) is 31.1 Å². The first kappa shape index (κ1) is 10.3. The number of pyridine rings is 1. The molecule has 0 fully saturated rings. The third kappa shape index (κ3) is 1.49. The molecule has 88 valence electrons. The molecule has 0 spiro atoms. The van der Waals surface area contributed by atoms with E-state index in [4.69, 9.17) is 0 Å². The highest BCUT2D eigenvalue weighted by atomic mass is 16.2. The van der Waals surface area contributed by atoms with Crippen LogP contribution >= 0.6 is 0 Å². The van der Waals surface area contributed by atoms with Crippen LogP contribution in [0.4, 0.5) is 0 Å². The van der Waals surface area contributed by atoms with E-state index in [1.54, 1.807) is 18.2 Å². The van der Waals surface area contributed by atoms with Crippen LogP contribution in [0.25, 0.3) is 10.9 Å². The van der Waals surface area contributed by atoms with Gasteiger partial charge >= 0.3 is 5.91 Å². The lowest BCUT2D eigenvalue weighted by Gasteiger charge is -2.05. The van der Waals surface area contributed by atoms with E-state index in [1.807, 2.05) is 12.1 Å². The van der Waals surface area contributed by atoms with E-state index in [0.717, 1.165) is 9.95 Å². The number of carbonyl (C=O) groups is 1. The minimum absolute atomic E-state index is 0.145. The van der Waals surface area contributed by atoms with Crippen LogP contribution in [-0.2, 0) is 0 Å². The molecule has 3 rings (SSSR count). The Balaban J connectivity index is 2.32. The number of fused-ring (bicyclic) bond motifs is 1. The molecule has 7 heteroatoms. The number of nitrogens with zero attached hydrogens (tertiary/aromatic N) is 4. The standard InChI is InChI=1S/C11H7N5O2/c17-9-6-5-7-3-1-2-4-8(7)16(9)11(18)10-12-14-15-13-10/h1-6H,(H,12,13,14,15). The molecular weight excluding hydrogens is 234 g/mol. The van der Waals surface area contributed by atoms with Crippen molar-refractivity contribution in [3.05, 3.63) is 52.6 Å². The summed E-state index contributed by atoms with van der Waals surface area (Å²) >= 11 is 0. The van der Waals surface area contributed by atoms with Crippen molar-refractivity contribution in [3.63, 3.8) is 0 Å². The number of H-pyrrole nitrogens is 1. The van der Waals surface area contributed by atoms with Crippen LogP contribution in [0.15, 0.2) is 41.2 Å². The van der Waals surface area contributed by atoms with Crippen LogP contribution in [0.1, 0.15) is 10.6 Å². The number of aromatic amines is 1. The van der Waals surface area contributed by atoms with Crippen molar-refractivity contribution in [2.45, 2.75) is 0 Å². The summed E-state index contributed by atoms with van der Waals surface area (Å²) in [7, 11) is 0. The van der Waals surface area contributed by atoms with Crippen LogP contribution < -0.4 is 5.56 Å². The number of para-hydroxylation sites is 1. The largest absolute Gasteiger partial charge is 0.306 e. The number of carbonyl (C=O) groups excluding carboxylic acids is 1. The average Bonchev–Trinajstić information content (AvgIpc) is 2.92. The maximum Gasteiger partial charge on any atom is 0.306 e. The number of aromatic nitrogens is 5. The van der Waals surface area contributed by atoms with Gasteiger partial charge in [-0.15, -0.1) is 10.2 Å². The van der Waals surface area contributed by atoms with Gasteiger partial charge in [0.05, 0.1) is 5.52 Å². The summed E-state index contributed by atoms with van der Waals surface area (Å²) in [6, 6.07) is 10.1. The third-order valence-corrected chi connectivity index (χ3v) is 2.54. The Labute approximate surface area is 100 Å². The van der Waals surface area contributed by atoms with Gasteiger partial charge in [0, 0.05) is 6.07 Å². The zero-order valence-electron chi connectivity index (χ0n) is 9.07. The lowest BCUT2D eigenvalue weighted by Crippen LogP contribution is -2.27.